The van der Waals surface area contributed by atoms with Gasteiger partial charge in [0.05, 0.1) is 26.4 Å². The second-order valence-electron chi connectivity index (χ2n) is 5.56. The van der Waals surface area contributed by atoms with Gasteiger partial charge >= 0.3 is 5.97 Å². The molecule has 3 rings (SSSR count). The Morgan fingerprint density at radius 3 is 2.14 bits per heavy atom. The Bertz CT molecular complexity index is 1060. The quantitative estimate of drug-likeness (QED) is 0.188. The number of carbonyl (C=O) groups is 2. The normalized spacial score (nSPS) is 14.6. The molecule has 1 fully saturated rings. The Labute approximate surface area is 171 Å². The lowest BCUT2D eigenvalue weighted by molar-refractivity contribution is -0.394. The summed E-state index contributed by atoms with van der Waals surface area (Å²) in [5.41, 5.74) is -0.875. The van der Waals surface area contributed by atoms with Gasteiger partial charge in [0.1, 0.15) is 10.1 Å². The Morgan fingerprint density at radius 2 is 1.66 bits per heavy atom. The number of hydrogen-bond donors (Lipinski definition) is 1. The van der Waals surface area contributed by atoms with Gasteiger partial charge in [-0.1, -0.05) is 36.1 Å². The molecule has 1 heterocycles. The predicted octanol–water partition coefficient (Wildman–Crippen LogP) is 3.21. The number of esters is 1. The highest BCUT2D eigenvalue weighted by Crippen LogP contribution is 2.27. The Hall–Kier alpha value is -3.64. The first-order valence-electron chi connectivity index (χ1n) is 7.74. The maximum absolute atomic E-state index is 12.3. The van der Waals surface area contributed by atoms with E-state index in [-0.39, 0.29) is 17.2 Å². The standard InChI is InChI=1S/C17H9N3O7S2/c21-15-14(29-17(28)18-15)5-9-1-3-13(4-2-9)27-16(22)10-6-11(19(23)24)8-12(7-10)20(25)26/h1-8H,(H,18,21,28). The minimum atomic E-state index is -0.987. The lowest BCUT2D eigenvalue weighted by atomic mass is 10.1. The van der Waals surface area contributed by atoms with Crippen LogP contribution in [0.15, 0.2) is 47.4 Å². The topological polar surface area (TPSA) is 142 Å². The maximum Gasteiger partial charge on any atom is 0.344 e. The summed E-state index contributed by atoms with van der Waals surface area (Å²) >= 11 is 6.03. The van der Waals surface area contributed by atoms with Crippen LogP contribution in [-0.4, -0.2) is 26.0 Å². The smallest absolute Gasteiger partial charge is 0.344 e. The summed E-state index contributed by atoms with van der Waals surface area (Å²) in [4.78, 5) is 44.5. The van der Waals surface area contributed by atoms with Gasteiger partial charge in [0.2, 0.25) is 0 Å². The number of nitro groups is 2. The zero-order valence-electron chi connectivity index (χ0n) is 14.2. The van der Waals surface area contributed by atoms with Crippen molar-refractivity contribution < 1.29 is 24.2 Å². The summed E-state index contributed by atoms with van der Waals surface area (Å²) in [6.07, 6.45) is 1.61. The Balaban J connectivity index is 1.78. The molecule has 2 aromatic rings. The molecule has 29 heavy (non-hydrogen) atoms. The van der Waals surface area contributed by atoms with E-state index in [1.165, 1.54) is 12.1 Å². The monoisotopic (exact) mass is 431 g/mol. The number of rotatable bonds is 5. The van der Waals surface area contributed by atoms with Crippen molar-refractivity contribution in [2.75, 3.05) is 0 Å². The van der Waals surface area contributed by atoms with Crippen LogP contribution in [0.1, 0.15) is 15.9 Å². The lowest BCUT2D eigenvalue weighted by Gasteiger charge is -2.05. The first kappa shape index (κ1) is 20.1. The van der Waals surface area contributed by atoms with Crippen LogP contribution in [0, 0.1) is 20.2 Å². The van der Waals surface area contributed by atoms with Crippen molar-refractivity contribution in [1.29, 1.82) is 0 Å². The number of carbonyl (C=O) groups excluding carboxylic acids is 2. The zero-order chi connectivity index (χ0) is 21.1. The van der Waals surface area contributed by atoms with Crippen molar-refractivity contribution >= 4 is 57.6 Å². The number of nitrogens with zero attached hydrogens (tertiary/aromatic N) is 2. The van der Waals surface area contributed by atoms with Gasteiger partial charge in [-0.3, -0.25) is 25.0 Å². The highest BCUT2D eigenvalue weighted by Gasteiger charge is 2.22. The highest BCUT2D eigenvalue weighted by atomic mass is 32.2. The summed E-state index contributed by atoms with van der Waals surface area (Å²) in [6, 6.07) is 8.61. The number of thiocarbonyl (C=S) groups is 1. The van der Waals surface area contributed by atoms with Gasteiger partial charge in [-0.2, -0.15) is 0 Å². The van der Waals surface area contributed by atoms with Gasteiger partial charge in [-0.15, -0.1) is 0 Å². The molecule has 1 aliphatic heterocycles. The average molecular weight is 431 g/mol. The van der Waals surface area contributed by atoms with Crippen LogP contribution in [0.3, 0.4) is 0 Å². The van der Waals surface area contributed by atoms with E-state index in [9.17, 15) is 29.8 Å². The molecule has 2 aromatic carbocycles. The Morgan fingerprint density at radius 1 is 1.07 bits per heavy atom. The van der Waals surface area contributed by atoms with Gasteiger partial charge in [0.15, 0.2) is 0 Å². The third-order valence-corrected chi connectivity index (χ3v) is 4.75. The van der Waals surface area contributed by atoms with E-state index in [0.29, 0.717) is 14.8 Å². The summed E-state index contributed by atoms with van der Waals surface area (Å²) < 4.78 is 5.48. The number of nitrogens with one attached hydrogen (secondary N) is 1. The minimum Gasteiger partial charge on any atom is -0.423 e. The van der Waals surface area contributed by atoms with Gasteiger partial charge in [0.25, 0.3) is 17.3 Å². The fourth-order valence-electron chi connectivity index (χ4n) is 2.29. The van der Waals surface area contributed by atoms with E-state index in [1.807, 2.05) is 0 Å². The molecule has 0 unspecified atom stereocenters. The highest BCUT2D eigenvalue weighted by molar-refractivity contribution is 8.26. The minimum absolute atomic E-state index is 0.116. The fraction of sp³-hybridized carbons (Fsp3) is 0. The van der Waals surface area contributed by atoms with E-state index in [1.54, 1.807) is 18.2 Å². The van der Waals surface area contributed by atoms with Crippen LogP contribution in [-0.2, 0) is 4.79 Å². The van der Waals surface area contributed by atoms with Gasteiger partial charge < -0.3 is 10.1 Å². The van der Waals surface area contributed by atoms with Crippen molar-refractivity contribution in [3.05, 3.63) is 78.7 Å². The van der Waals surface area contributed by atoms with E-state index in [2.05, 4.69) is 5.32 Å². The van der Waals surface area contributed by atoms with Crippen LogP contribution in [0.4, 0.5) is 11.4 Å². The molecule has 1 amide bonds. The zero-order valence-corrected chi connectivity index (χ0v) is 15.8. The summed E-state index contributed by atoms with van der Waals surface area (Å²) in [7, 11) is 0. The SMILES string of the molecule is O=C1NC(=S)SC1=Cc1ccc(OC(=O)c2cc([N+](=O)[O-])cc([N+](=O)[O-])c2)cc1. The fourth-order valence-corrected chi connectivity index (χ4v) is 3.34. The molecule has 0 spiro atoms. The number of thioether (sulfide) groups is 1. The van der Waals surface area contributed by atoms with Crippen LogP contribution in [0.2, 0.25) is 0 Å². The molecule has 0 aromatic heterocycles. The molecule has 1 aliphatic rings. The maximum atomic E-state index is 12.3. The number of nitro benzene ring substituents is 2. The second kappa shape index (κ2) is 8.16. The largest absolute Gasteiger partial charge is 0.423 e. The van der Waals surface area contributed by atoms with Crippen LogP contribution < -0.4 is 10.1 Å². The lowest BCUT2D eigenvalue weighted by Crippen LogP contribution is -2.17. The first-order chi connectivity index (χ1) is 13.7. The number of amides is 1. The van der Waals surface area contributed by atoms with Crippen molar-refractivity contribution in [3.8, 4) is 5.75 Å². The molecule has 0 atom stereocenters. The number of ether oxygens (including phenoxy) is 1. The average Bonchev–Trinajstić information content (AvgIpc) is 2.99. The van der Waals surface area contributed by atoms with E-state index in [4.69, 9.17) is 17.0 Å². The molecule has 1 N–H and O–H groups in total. The third kappa shape index (κ3) is 4.80. The summed E-state index contributed by atoms with van der Waals surface area (Å²) in [6.45, 7) is 0. The van der Waals surface area contributed by atoms with Gasteiger partial charge in [-0.25, -0.2) is 4.79 Å². The van der Waals surface area contributed by atoms with Crippen molar-refractivity contribution in [2.45, 2.75) is 0 Å². The molecule has 10 nitrogen and oxygen atoms in total. The molecule has 0 aliphatic carbocycles. The van der Waals surface area contributed by atoms with Crippen LogP contribution in [0.25, 0.3) is 6.08 Å². The molecule has 0 saturated carbocycles. The van der Waals surface area contributed by atoms with Crippen LogP contribution in [0.5, 0.6) is 5.75 Å². The third-order valence-electron chi connectivity index (χ3n) is 3.59. The molecular formula is C17H9N3O7S2. The van der Waals surface area contributed by atoms with Crippen molar-refractivity contribution in [1.82, 2.24) is 5.32 Å². The van der Waals surface area contributed by atoms with E-state index >= 15 is 0 Å². The molecular weight excluding hydrogens is 422 g/mol. The first-order valence-corrected chi connectivity index (χ1v) is 8.96. The van der Waals surface area contributed by atoms with E-state index < -0.39 is 27.2 Å². The second-order valence-corrected chi connectivity index (χ2v) is 7.28. The molecule has 12 heteroatoms. The molecule has 0 radical (unpaired) electrons. The predicted molar refractivity (Wildman–Crippen MR) is 107 cm³/mol. The Kier molecular flexibility index (Phi) is 5.66. The summed E-state index contributed by atoms with van der Waals surface area (Å²) in [5, 5.41) is 24.3. The van der Waals surface area contributed by atoms with E-state index in [0.717, 1.165) is 30.0 Å². The summed E-state index contributed by atoms with van der Waals surface area (Å²) in [5.74, 6) is -1.17. The van der Waals surface area contributed by atoms with Gasteiger partial charge in [-0.05, 0) is 23.8 Å². The number of benzene rings is 2. The number of non-ortho nitro benzene ring substituents is 2. The van der Waals surface area contributed by atoms with Gasteiger partial charge in [0, 0.05) is 12.1 Å². The van der Waals surface area contributed by atoms with Crippen LogP contribution >= 0.6 is 24.0 Å². The van der Waals surface area contributed by atoms with Crippen molar-refractivity contribution in [3.63, 3.8) is 0 Å². The molecule has 0 bridgehead atoms. The molecule has 1 saturated heterocycles. The molecule has 146 valence electrons. The number of hydrogen-bond acceptors (Lipinski definition) is 9. The van der Waals surface area contributed by atoms with Crippen molar-refractivity contribution in [2.24, 2.45) is 0 Å².